The molecule has 0 aliphatic carbocycles. The monoisotopic (exact) mass is 618 g/mol. The van der Waals surface area contributed by atoms with Crippen molar-refractivity contribution in [3.05, 3.63) is 119 Å². The lowest BCUT2D eigenvalue weighted by atomic mass is 9.97. The topological polar surface area (TPSA) is 99.3 Å². The first kappa shape index (κ1) is 32.0. The van der Waals surface area contributed by atoms with E-state index in [1.54, 1.807) is 43.5 Å². The maximum atomic E-state index is 14.4. The molecule has 0 saturated carbocycles. The van der Waals surface area contributed by atoms with Crippen molar-refractivity contribution in [1.29, 1.82) is 0 Å². The summed E-state index contributed by atoms with van der Waals surface area (Å²) in [5, 5.41) is 3.00. The van der Waals surface area contributed by atoms with Gasteiger partial charge in [0.05, 0.1) is 18.4 Å². The molecule has 9 nitrogen and oxygen atoms in total. The van der Waals surface area contributed by atoms with Gasteiger partial charge in [-0.05, 0) is 71.1 Å². The molecule has 0 unspecified atom stereocenters. The fourth-order valence-corrected chi connectivity index (χ4v) is 5.47. The van der Waals surface area contributed by atoms with Gasteiger partial charge in [0.15, 0.2) is 0 Å². The first-order valence-electron chi connectivity index (χ1n) is 15.1. The van der Waals surface area contributed by atoms with E-state index in [-0.39, 0.29) is 18.0 Å². The lowest BCUT2D eigenvalue weighted by molar-refractivity contribution is -0.139. The minimum atomic E-state index is -1.06. The molecule has 46 heavy (non-hydrogen) atoms. The molecule has 0 spiro atoms. The number of ether oxygens (including phenoxy) is 1. The Labute approximate surface area is 269 Å². The number of fused-ring (bicyclic) bond motifs is 1. The molecule has 1 aliphatic rings. The number of carbonyl (C=O) groups excluding carboxylic acids is 4. The van der Waals surface area contributed by atoms with E-state index in [9.17, 15) is 19.2 Å². The van der Waals surface area contributed by atoms with Crippen LogP contribution in [0.4, 0.5) is 17.1 Å². The average Bonchev–Trinajstić information content (AvgIpc) is 3.30. The smallest absolute Gasteiger partial charge is 0.299 e. The van der Waals surface area contributed by atoms with E-state index in [0.29, 0.717) is 22.7 Å². The van der Waals surface area contributed by atoms with Crippen molar-refractivity contribution in [2.75, 3.05) is 42.9 Å². The molecule has 4 aromatic rings. The van der Waals surface area contributed by atoms with Crippen LogP contribution in [0, 0.1) is 0 Å². The zero-order valence-electron chi connectivity index (χ0n) is 26.7. The number of nitrogens with one attached hydrogen (secondary N) is 1. The minimum Gasteiger partial charge on any atom is -0.497 e. The summed E-state index contributed by atoms with van der Waals surface area (Å²) in [7, 11) is 5.44. The summed E-state index contributed by atoms with van der Waals surface area (Å²) in [5.41, 5.74) is 4.63. The molecule has 3 amide bonds. The van der Waals surface area contributed by atoms with Gasteiger partial charge in [-0.15, -0.1) is 0 Å². The van der Waals surface area contributed by atoms with Crippen molar-refractivity contribution in [2.45, 2.75) is 32.4 Å². The van der Waals surface area contributed by atoms with Gasteiger partial charge >= 0.3 is 0 Å². The Kier molecular flexibility index (Phi) is 9.51. The highest BCUT2D eigenvalue weighted by atomic mass is 16.5. The van der Waals surface area contributed by atoms with E-state index in [2.05, 4.69) is 19.2 Å². The summed E-state index contributed by atoms with van der Waals surface area (Å²) in [6, 6.07) is 27.8. The number of ketones is 1. The summed E-state index contributed by atoms with van der Waals surface area (Å²) in [6.45, 7) is 3.82. The number of rotatable bonds is 11. The van der Waals surface area contributed by atoms with Gasteiger partial charge in [0, 0.05) is 32.0 Å². The number of hydrogen-bond acceptors (Lipinski definition) is 6. The lowest BCUT2D eigenvalue weighted by Crippen LogP contribution is -2.46. The number of Topliss-reactive ketones (excluding diaryl/α,β-unsaturated/α-hetero) is 1. The normalized spacial score (nSPS) is 13.0. The molecular weight excluding hydrogens is 580 g/mol. The first-order valence-corrected chi connectivity index (χ1v) is 15.1. The van der Waals surface area contributed by atoms with Gasteiger partial charge in [0.2, 0.25) is 5.91 Å². The Morgan fingerprint density at radius 2 is 1.46 bits per heavy atom. The van der Waals surface area contributed by atoms with Gasteiger partial charge in [-0.25, -0.2) is 0 Å². The second-order valence-electron chi connectivity index (χ2n) is 11.8. The number of anilines is 3. The predicted octanol–water partition coefficient (Wildman–Crippen LogP) is 5.82. The fraction of sp³-hybridized carbons (Fsp3) is 0.243. The molecule has 1 heterocycles. The van der Waals surface area contributed by atoms with Crippen LogP contribution in [0.3, 0.4) is 0 Å². The number of methoxy groups -OCH3 is 1. The summed E-state index contributed by atoms with van der Waals surface area (Å²) < 4.78 is 5.32. The third kappa shape index (κ3) is 6.78. The van der Waals surface area contributed by atoms with Crippen molar-refractivity contribution < 1.29 is 23.9 Å². The molecule has 0 fully saturated rings. The van der Waals surface area contributed by atoms with Gasteiger partial charge in [-0.3, -0.25) is 24.1 Å². The highest BCUT2D eigenvalue weighted by Gasteiger charge is 2.39. The van der Waals surface area contributed by atoms with E-state index >= 15 is 0 Å². The van der Waals surface area contributed by atoms with Crippen LogP contribution in [0.2, 0.25) is 0 Å². The summed E-state index contributed by atoms with van der Waals surface area (Å²) in [4.78, 5) is 59.0. The van der Waals surface area contributed by atoms with E-state index < -0.39 is 36.1 Å². The van der Waals surface area contributed by atoms with E-state index in [1.165, 1.54) is 9.80 Å². The Bertz CT molecular complexity index is 1730. The number of hydrogen-bond donors (Lipinski definition) is 1. The maximum absolute atomic E-state index is 14.4. The molecule has 0 saturated heterocycles. The molecular formula is C37H38N4O5. The average molecular weight is 619 g/mol. The molecule has 1 aliphatic heterocycles. The molecule has 0 radical (unpaired) electrons. The Morgan fingerprint density at radius 1 is 0.826 bits per heavy atom. The van der Waals surface area contributed by atoms with Gasteiger partial charge in [-0.2, -0.15) is 0 Å². The SMILES string of the molecule is COc1ccc(CN(C(=O)CN2C(=O)C(=O)c3ccccc32)[C@@H](C(=O)Nc2ccc(N(C)C)cc2)c2ccc(C(C)C)cc2)cc1. The van der Waals surface area contributed by atoms with Crippen LogP contribution in [0.15, 0.2) is 97.1 Å². The van der Waals surface area contributed by atoms with Gasteiger partial charge < -0.3 is 19.9 Å². The van der Waals surface area contributed by atoms with Crippen LogP contribution in [0.25, 0.3) is 0 Å². The maximum Gasteiger partial charge on any atom is 0.299 e. The molecule has 0 bridgehead atoms. The second-order valence-corrected chi connectivity index (χ2v) is 11.8. The second kappa shape index (κ2) is 13.7. The van der Waals surface area contributed by atoms with Crippen molar-refractivity contribution in [1.82, 2.24) is 4.90 Å². The summed E-state index contributed by atoms with van der Waals surface area (Å²) in [6.07, 6.45) is 0. The van der Waals surface area contributed by atoms with Crippen molar-refractivity contribution >= 4 is 40.6 Å². The number of nitrogens with zero attached hydrogens (tertiary/aromatic N) is 3. The van der Waals surface area contributed by atoms with Crippen LogP contribution in [0.1, 0.15) is 52.9 Å². The molecule has 9 heteroatoms. The molecule has 1 N–H and O–H groups in total. The number of benzene rings is 4. The van der Waals surface area contributed by atoms with Crippen LogP contribution >= 0.6 is 0 Å². The number of amides is 3. The number of para-hydroxylation sites is 1. The molecule has 4 aromatic carbocycles. The Balaban J connectivity index is 1.55. The lowest BCUT2D eigenvalue weighted by Gasteiger charge is -2.33. The zero-order valence-corrected chi connectivity index (χ0v) is 26.7. The Hall–Kier alpha value is -5.44. The van der Waals surface area contributed by atoms with Crippen LogP contribution in [-0.4, -0.2) is 56.2 Å². The molecule has 0 aromatic heterocycles. The Morgan fingerprint density at radius 3 is 2.07 bits per heavy atom. The predicted molar refractivity (Wildman–Crippen MR) is 179 cm³/mol. The highest BCUT2D eigenvalue weighted by molar-refractivity contribution is 6.52. The zero-order chi connectivity index (χ0) is 33.0. The first-order chi connectivity index (χ1) is 22.1. The van der Waals surface area contributed by atoms with Gasteiger partial charge in [0.25, 0.3) is 17.6 Å². The van der Waals surface area contributed by atoms with Crippen molar-refractivity contribution in [3.63, 3.8) is 0 Å². The van der Waals surface area contributed by atoms with Crippen LogP contribution in [-0.2, 0) is 20.9 Å². The molecule has 236 valence electrons. The highest BCUT2D eigenvalue weighted by Crippen LogP contribution is 2.31. The van der Waals surface area contributed by atoms with Crippen LogP contribution < -0.4 is 19.9 Å². The largest absolute Gasteiger partial charge is 0.497 e. The summed E-state index contributed by atoms with van der Waals surface area (Å²) in [5.74, 6) is -1.43. The minimum absolute atomic E-state index is 0.0596. The third-order valence-corrected chi connectivity index (χ3v) is 8.13. The van der Waals surface area contributed by atoms with Crippen molar-refractivity contribution in [3.8, 4) is 5.75 Å². The number of carbonyl (C=O) groups is 4. The van der Waals surface area contributed by atoms with Gasteiger partial charge in [0.1, 0.15) is 18.3 Å². The quantitative estimate of drug-likeness (QED) is 0.213. The fourth-order valence-electron chi connectivity index (χ4n) is 5.47. The van der Waals surface area contributed by atoms with E-state index in [0.717, 1.165) is 16.8 Å². The molecule has 5 rings (SSSR count). The van der Waals surface area contributed by atoms with E-state index in [4.69, 9.17) is 4.74 Å². The van der Waals surface area contributed by atoms with Crippen LogP contribution in [0.5, 0.6) is 5.75 Å². The summed E-state index contributed by atoms with van der Waals surface area (Å²) >= 11 is 0. The van der Waals surface area contributed by atoms with Crippen molar-refractivity contribution in [2.24, 2.45) is 0 Å². The van der Waals surface area contributed by atoms with E-state index in [1.807, 2.05) is 79.7 Å². The third-order valence-electron chi connectivity index (χ3n) is 8.13. The van der Waals surface area contributed by atoms with Gasteiger partial charge in [-0.1, -0.05) is 62.4 Å². The molecule has 1 atom stereocenters. The standard InChI is InChI=1S/C37H38N4O5/c1-24(2)26-12-14-27(15-13-26)34(36(44)38-28-16-18-29(19-17-28)39(3)4)41(22-25-10-20-30(46-5)21-11-25)33(42)23-40-32-9-7-6-8-31(32)35(43)37(40)45/h6-21,24,34H,22-23H2,1-5H3,(H,38,44)/t34-/m1/s1.